The van der Waals surface area contributed by atoms with Gasteiger partial charge in [0.2, 0.25) is 0 Å². The lowest BCUT2D eigenvalue weighted by Crippen LogP contribution is -2.29. The van der Waals surface area contributed by atoms with E-state index < -0.39 is 6.09 Å². The number of aryl methyl sites for hydroxylation is 1. The highest BCUT2D eigenvalue weighted by molar-refractivity contribution is 8.00. The molecule has 0 fully saturated rings. The second-order valence-corrected chi connectivity index (χ2v) is 8.93. The molecule has 0 bridgehead atoms. The number of aromatic nitrogens is 1. The van der Waals surface area contributed by atoms with Crippen LogP contribution in [0.15, 0.2) is 51.5 Å². The average molecular weight is 555 g/mol. The molecule has 0 radical (unpaired) electrons. The Labute approximate surface area is 232 Å². The Balaban J connectivity index is 0.00000205. The van der Waals surface area contributed by atoms with E-state index in [1.165, 1.54) is 19.1 Å². The van der Waals surface area contributed by atoms with Crippen molar-refractivity contribution in [3.63, 3.8) is 0 Å². The summed E-state index contributed by atoms with van der Waals surface area (Å²) in [5.41, 5.74) is 6.97. The zero-order valence-corrected chi connectivity index (χ0v) is 23.6. The van der Waals surface area contributed by atoms with Gasteiger partial charge in [0.25, 0.3) is 0 Å². The zero-order valence-electron chi connectivity index (χ0n) is 22.8. The minimum Gasteiger partial charge on any atom is -0.496 e. The van der Waals surface area contributed by atoms with E-state index in [0.29, 0.717) is 42.5 Å². The third-order valence-electron chi connectivity index (χ3n) is 5.63. The number of anilines is 1. The van der Waals surface area contributed by atoms with Gasteiger partial charge in [-0.3, -0.25) is 0 Å². The molecule has 1 aliphatic rings. The normalized spacial score (nSPS) is 12.2. The number of nitrogens with one attached hydrogen (secondary N) is 3. The first-order valence-electron chi connectivity index (χ1n) is 12.6. The van der Waals surface area contributed by atoms with Gasteiger partial charge in [0.1, 0.15) is 23.0 Å². The molecule has 2 aromatic carbocycles. The third kappa shape index (κ3) is 7.72. The van der Waals surface area contributed by atoms with E-state index in [0.717, 1.165) is 33.4 Å². The zero-order chi connectivity index (χ0) is 28.2. The smallest absolute Gasteiger partial charge is 0.407 e. The molecule has 3 aromatic rings. The fourth-order valence-corrected chi connectivity index (χ4v) is 4.56. The van der Waals surface area contributed by atoms with E-state index in [9.17, 15) is 4.79 Å². The first-order chi connectivity index (χ1) is 19.0. The second kappa shape index (κ2) is 14.8. The first-order valence-corrected chi connectivity index (χ1v) is 13.4. The van der Waals surface area contributed by atoms with E-state index in [-0.39, 0.29) is 6.61 Å². The summed E-state index contributed by atoms with van der Waals surface area (Å²) in [6.45, 7) is 7.62. The molecule has 11 nitrogen and oxygen atoms in total. The van der Waals surface area contributed by atoms with Crippen molar-refractivity contribution in [3.8, 4) is 17.6 Å². The number of alkyl carbamates (subject to hydrolysis) is 1. The molecule has 0 saturated carbocycles. The number of hydrogen-bond donors (Lipinski definition) is 3. The maximum atomic E-state index is 11.3. The molecular weight excluding hydrogens is 520 g/mol. The van der Waals surface area contributed by atoms with Crippen LogP contribution in [0.5, 0.6) is 11.5 Å². The van der Waals surface area contributed by atoms with Crippen LogP contribution in [0.3, 0.4) is 0 Å². The molecule has 39 heavy (non-hydrogen) atoms. The minimum atomic E-state index is -0.466. The Morgan fingerprint density at radius 1 is 1.23 bits per heavy atom. The van der Waals surface area contributed by atoms with Crippen LogP contribution < -0.4 is 24.9 Å². The standard InChI is InChI=1S/C25H28N6O5S.C2H6/c1-4-16-5-6-19(35-8-7-26)22(11-16)37-30-24-23-20(33-2)9-17(10-21(23)36-29-24)14-31-15-18(13-28-31)12-27-25(32)34-3;1-2/h5-6,9-11,15,28H,4,8,12-14H2,1-3H3,(H,27,32)(H,29,30);1-2H3. The Morgan fingerprint density at radius 3 is 2.77 bits per heavy atom. The molecule has 208 valence electrons. The summed E-state index contributed by atoms with van der Waals surface area (Å²) in [4.78, 5) is 12.1. The number of carbonyl (C=O) groups excluding carboxylic acids is 1. The van der Waals surface area contributed by atoms with Gasteiger partial charge in [-0.25, -0.2) is 10.2 Å². The number of hydrazine groups is 1. The van der Waals surface area contributed by atoms with E-state index in [2.05, 4.69) is 32.3 Å². The van der Waals surface area contributed by atoms with E-state index >= 15 is 0 Å². The van der Waals surface area contributed by atoms with Crippen LogP contribution in [0.25, 0.3) is 11.0 Å². The highest BCUT2D eigenvalue weighted by atomic mass is 32.2. The van der Waals surface area contributed by atoms with E-state index in [1.807, 2.05) is 61.5 Å². The number of rotatable bonds is 11. The van der Waals surface area contributed by atoms with E-state index in [1.54, 1.807) is 7.11 Å². The summed E-state index contributed by atoms with van der Waals surface area (Å²) in [6.07, 6.45) is 2.36. The van der Waals surface area contributed by atoms with Crippen LogP contribution in [0.2, 0.25) is 0 Å². The molecule has 4 rings (SSSR count). The molecule has 0 unspecified atom stereocenters. The number of nitrogens with zero attached hydrogens (tertiary/aromatic N) is 3. The van der Waals surface area contributed by atoms with Gasteiger partial charge in [0.15, 0.2) is 18.0 Å². The van der Waals surface area contributed by atoms with E-state index in [4.69, 9.17) is 19.3 Å². The number of carbonyl (C=O) groups is 1. The fraction of sp³-hybridized carbons (Fsp3) is 0.370. The monoisotopic (exact) mass is 554 g/mol. The molecule has 1 aliphatic heterocycles. The van der Waals surface area contributed by atoms with Gasteiger partial charge < -0.3 is 33.8 Å². The molecule has 1 amide bonds. The Morgan fingerprint density at radius 2 is 2.05 bits per heavy atom. The van der Waals surface area contributed by atoms with Crippen LogP contribution in [-0.2, 0) is 17.7 Å². The molecule has 0 spiro atoms. The second-order valence-electron chi connectivity index (χ2n) is 8.08. The topological polar surface area (TPSA) is 134 Å². The minimum absolute atomic E-state index is 0.0349. The van der Waals surface area contributed by atoms with Gasteiger partial charge >= 0.3 is 6.09 Å². The SMILES string of the molecule is CC.CCc1ccc(OCC#N)c(SNc2noc3cc(CN4C=C(CNC(=O)OC)CN4)cc(OC)c23)c1. The van der Waals surface area contributed by atoms with Crippen molar-refractivity contribution < 1.29 is 23.5 Å². The summed E-state index contributed by atoms with van der Waals surface area (Å²) in [6, 6.07) is 11.7. The van der Waals surface area contributed by atoms with Crippen LogP contribution in [-0.4, -0.2) is 50.2 Å². The quantitative estimate of drug-likeness (QED) is 0.276. The maximum absolute atomic E-state index is 11.3. The molecule has 12 heteroatoms. The number of ether oxygens (including phenoxy) is 3. The van der Waals surface area contributed by atoms with Crippen molar-refractivity contribution in [2.45, 2.75) is 38.6 Å². The molecule has 2 heterocycles. The molecule has 0 atom stereocenters. The van der Waals surface area contributed by atoms with Gasteiger partial charge in [0, 0.05) is 19.3 Å². The molecular formula is C27H34N6O5S. The largest absolute Gasteiger partial charge is 0.496 e. The van der Waals surface area contributed by atoms with Crippen LogP contribution in [0.4, 0.5) is 10.6 Å². The summed E-state index contributed by atoms with van der Waals surface area (Å²) in [5.74, 6) is 1.76. The van der Waals surface area contributed by atoms with Crippen molar-refractivity contribution in [3.05, 3.63) is 53.2 Å². The number of amides is 1. The lowest BCUT2D eigenvalue weighted by molar-refractivity contribution is 0.172. The number of hydrogen-bond acceptors (Lipinski definition) is 11. The number of nitriles is 1. The summed E-state index contributed by atoms with van der Waals surface area (Å²) < 4.78 is 24.7. The van der Waals surface area contributed by atoms with Crippen LogP contribution >= 0.6 is 11.9 Å². The first kappa shape index (κ1) is 29.5. The number of methoxy groups -OCH3 is 2. The Kier molecular flexibility index (Phi) is 11.1. The van der Waals surface area contributed by atoms with Gasteiger partial charge in [0.05, 0.1) is 25.7 Å². The van der Waals surface area contributed by atoms with Crippen LogP contribution in [0, 0.1) is 11.3 Å². The highest BCUT2D eigenvalue weighted by Crippen LogP contribution is 2.38. The number of benzene rings is 2. The van der Waals surface area contributed by atoms with Gasteiger partial charge in [-0.15, -0.1) is 0 Å². The van der Waals surface area contributed by atoms with Gasteiger partial charge in [-0.05, 0) is 59.3 Å². The average Bonchev–Trinajstić information content (AvgIpc) is 3.61. The maximum Gasteiger partial charge on any atom is 0.407 e. The predicted octanol–water partition coefficient (Wildman–Crippen LogP) is 5.01. The highest BCUT2D eigenvalue weighted by Gasteiger charge is 2.19. The molecule has 3 N–H and O–H groups in total. The molecule has 0 saturated heterocycles. The lowest BCUT2D eigenvalue weighted by Gasteiger charge is -2.16. The summed E-state index contributed by atoms with van der Waals surface area (Å²) in [5, 5.41) is 18.4. The van der Waals surface area contributed by atoms with Crippen LogP contribution in [0.1, 0.15) is 31.9 Å². The lowest BCUT2D eigenvalue weighted by atomic mass is 10.1. The van der Waals surface area contributed by atoms with Gasteiger partial charge in [-0.2, -0.15) is 5.26 Å². The third-order valence-corrected chi connectivity index (χ3v) is 6.46. The fourth-order valence-electron chi connectivity index (χ4n) is 3.78. The molecule has 0 aliphatic carbocycles. The summed E-state index contributed by atoms with van der Waals surface area (Å²) >= 11 is 1.33. The molecule has 1 aromatic heterocycles. The van der Waals surface area contributed by atoms with Crippen molar-refractivity contribution in [1.29, 1.82) is 5.26 Å². The Bertz CT molecular complexity index is 1340. The van der Waals surface area contributed by atoms with Crippen molar-refractivity contribution >= 4 is 34.8 Å². The number of fused-ring (bicyclic) bond motifs is 1. The van der Waals surface area contributed by atoms with Crippen molar-refractivity contribution in [2.24, 2.45) is 0 Å². The van der Waals surface area contributed by atoms with Gasteiger partial charge in [-0.1, -0.05) is 32.0 Å². The summed E-state index contributed by atoms with van der Waals surface area (Å²) in [7, 11) is 2.94. The predicted molar refractivity (Wildman–Crippen MR) is 150 cm³/mol. The van der Waals surface area contributed by atoms with Crippen molar-refractivity contribution in [2.75, 3.05) is 38.6 Å². The van der Waals surface area contributed by atoms with Crippen molar-refractivity contribution in [1.82, 2.24) is 20.9 Å². The Hall–Kier alpha value is -4.08.